The number of amides is 1. The number of ether oxygens (including phenoxy) is 1. The van der Waals surface area contributed by atoms with Crippen molar-refractivity contribution in [3.63, 3.8) is 0 Å². The van der Waals surface area contributed by atoms with Crippen LogP contribution in [0.4, 0.5) is 0 Å². The third-order valence-electron chi connectivity index (χ3n) is 5.07. The molecule has 1 aliphatic heterocycles. The van der Waals surface area contributed by atoms with Crippen LogP contribution in [0.2, 0.25) is 0 Å². The molecule has 0 N–H and O–H groups in total. The number of carbonyl (C=O) groups excluding carboxylic acids is 1. The molecular weight excluding hydrogens is 392 g/mol. The summed E-state index contributed by atoms with van der Waals surface area (Å²) in [6.45, 7) is 5.43. The van der Waals surface area contributed by atoms with Crippen LogP contribution in [0.25, 0.3) is 5.69 Å². The van der Waals surface area contributed by atoms with Crippen LogP contribution in [0.3, 0.4) is 0 Å². The van der Waals surface area contributed by atoms with Crippen LogP contribution >= 0.6 is 0 Å². The van der Waals surface area contributed by atoms with Crippen LogP contribution < -0.4 is 0 Å². The van der Waals surface area contributed by atoms with Crippen molar-refractivity contribution in [2.75, 3.05) is 33.9 Å². The minimum Gasteiger partial charge on any atom is -0.383 e. The average molecular weight is 421 g/mol. The highest BCUT2D eigenvalue weighted by molar-refractivity contribution is 7.89. The van der Waals surface area contributed by atoms with Gasteiger partial charge in [-0.25, -0.2) is 13.4 Å². The van der Waals surface area contributed by atoms with Crippen molar-refractivity contribution in [3.8, 4) is 5.69 Å². The maximum Gasteiger partial charge on any atom is 0.274 e. The first-order valence-corrected chi connectivity index (χ1v) is 11.1. The molecular formula is C20H28N4O4S. The highest BCUT2D eigenvalue weighted by Crippen LogP contribution is 2.31. The van der Waals surface area contributed by atoms with Gasteiger partial charge in [0.05, 0.1) is 24.5 Å². The van der Waals surface area contributed by atoms with Crippen molar-refractivity contribution in [1.82, 2.24) is 18.8 Å². The van der Waals surface area contributed by atoms with Crippen molar-refractivity contribution in [2.24, 2.45) is 5.92 Å². The van der Waals surface area contributed by atoms with Crippen LogP contribution in [0.15, 0.2) is 35.5 Å². The van der Waals surface area contributed by atoms with Crippen LogP contribution in [0, 0.1) is 5.92 Å². The van der Waals surface area contributed by atoms with Gasteiger partial charge in [0.1, 0.15) is 11.2 Å². The van der Waals surface area contributed by atoms with E-state index in [-0.39, 0.29) is 23.0 Å². The van der Waals surface area contributed by atoms with E-state index in [1.165, 1.54) is 15.5 Å². The number of rotatable bonds is 7. The summed E-state index contributed by atoms with van der Waals surface area (Å²) in [5.41, 5.74) is 1.36. The fourth-order valence-corrected chi connectivity index (χ4v) is 4.89. The Hall–Kier alpha value is -2.23. The molecule has 0 fully saturated rings. The molecule has 0 aliphatic carbocycles. The number of likely N-dealkylation sites (N-methyl/N-ethyl adjacent to an activating group) is 1. The van der Waals surface area contributed by atoms with Gasteiger partial charge in [0.25, 0.3) is 5.91 Å². The van der Waals surface area contributed by atoms with E-state index < -0.39 is 10.0 Å². The zero-order chi connectivity index (χ0) is 21.2. The number of nitrogens with zero attached hydrogens (tertiary/aromatic N) is 4. The highest BCUT2D eigenvalue weighted by Gasteiger charge is 2.35. The molecule has 0 atom stereocenters. The predicted octanol–water partition coefficient (Wildman–Crippen LogP) is 2.14. The second kappa shape index (κ2) is 8.64. The van der Waals surface area contributed by atoms with Gasteiger partial charge >= 0.3 is 0 Å². The topological polar surface area (TPSA) is 84.7 Å². The Kier molecular flexibility index (Phi) is 6.40. The first-order chi connectivity index (χ1) is 13.8. The largest absolute Gasteiger partial charge is 0.383 e. The number of para-hydroxylation sites is 1. The van der Waals surface area contributed by atoms with Crippen molar-refractivity contribution in [3.05, 3.63) is 42.0 Å². The average Bonchev–Trinajstić information content (AvgIpc) is 3.07. The van der Waals surface area contributed by atoms with Crippen molar-refractivity contribution >= 4 is 15.9 Å². The first-order valence-electron chi connectivity index (χ1n) is 9.67. The lowest BCUT2D eigenvalue weighted by atomic mass is 10.1. The van der Waals surface area contributed by atoms with Crippen molar-refractivity contribution in [1.29, 1.82) is 0 Å². The molecule has 0 spiro atoms. The summed E-state index contributed by atoms with van der Waals surface area (Å²) in [7, 11) is -0.425. The molecule has 0 saturated heterocycles. The molecule has 1 aromatic carbocycles. The van der Waals surface area contributed by atoms with Gasteiger partial charge in [0.2, 0.25) is 10.0 Å². The molecule has 29 heavy (non-hydrogen) atoms. The normalized spacial score (nSPS) is 15.6. The number of methoxy groups -OCH3 is 1. The van der Waals surface area contributed by atoms with E-state index >= 15 is 0 Å². The molecule has 9 heteroatoms. The maximum absolute atomic E-state index is 13.3. The molecule has 158 valence electrons. The third-order valence-corrected chi connectivity index (χ3v) is 6.96. The van der Waals surface area contributed by atoms with Gasteiger partial charge in [-0.05, 0) is 24.5 Å². The van der Waals surface area contributed by atoms with E-state index in [9.17, 15) is 13.2 Å². The smallest absolute Gasteiger partial charge is 0.274 e. The molecule has 0 saturated carbocycles. The molecule has 0 unspecified atom stereocenters. The summed E-state index contributed by atoms with van der Waals surface area (Å²) >= 11 is 0. The first kappa shape index (κ1) is 21.5. The number of fused-ring (bicyclic) bond motifs is 3. The summed E-state index contributed by atoms with van der Waals surface area (Å²) in [4.78, 5) is 19.1. The second-order valence-electron chi connectivity index (χ2n) is 7.62. The number of hydrogen-bond donors (Lipinski definition) is 0. The highest BCUT2D eigenvalue weighted by atomic mass is 32.2. The fraction of sp³-hybridized carbons (Fsp3) is 0.500. The summed E-state index contributed by atoms with van der Waals surface area (Å²) in [5, 5.41) is 0. The SMILES string of the molecule is COCCN(C)C(=O)c1ncn2c1CN(CCC(C)C)S(=O)(=O)c1ccccc1-2. The predicted molar refractivity (Wildman–Crippen MR) is 109 cm³/mol. The lowest BCUT2D eigenvalue weighted by molar-refractivity contribution is 0.0737. The number of aromatic nitrogens is 2. The number of imidazole rings is 1. The summed E-state index contributed by atoms with van der Waals surface area (Å²) in [6.07, 6.45) is 2.26. The third kappa shape index (κ3) is 4.22. The molecule has 0 radical (unpaired) electrons. The van der Waals surface area contributed by atoms with Gasteiger partial charge in [-0.15, -0.1) is 0 Å². The number of sulfonamides is 1. The van der Waals surface area contributed by atoms with E-state index in [1.807, 2.05) is 0 Å². The maximum atomic E-state index is 13.3. The second-order valence-corrected chi connectivity index (χ2v) is 9.52. The van der Waals surface area contributed by atoms with Gasteiger partial charge in [0, 0.05) is 27.2 Å². The lowest BCUT2D eigenvalue weighted by Crippen LogP contribution is -2.34. The minimum absolute atomic E-state index is 0.100. The molecule has 1 aliphatic rings. The van der Waals surface area contributed by atoms with Crippen LogP contribution in [-0.4, -0.2) is 66.9 Å². The van der Waals surface area contributed by atoms with E-state index in [0.717, 1.165) is 6.42 Å². The van der Waals surface area contributed by atoms with E-state index in [4.69, 9.17) is 4.74 Å². The number of hydrogen-bond acceptors (Lipinski definition) is 5. The number of benzene rings is 1. The van der Waals surface area contributed by atoms with E-state index in [1.54, 1.807) is 43.0 Å². The van der Waals surface area contributed by atoms with Crippen LogP contribution in [0.5, 0.6) is 0 Å². The Morgan fingerprint density at radius 1 is 1.31 bits per heavy atom. The van der Waals surface area contributed by atoms with Gasteiger partial charge in [-0.2, -0.15) is 4.31 Å². The standard InChI is InChI=1S/C20H28N4O4S/c1-15(2)9-10-23-13-17-19(20(25)22(3)11-12-28-4)21-14-24(17)16-7-5-6-8-18(16)29(23,26)27/h5-8,14-15H,9-13H2,1-4H3. The summed E-state index contributed by atoms with van der Waals surface area (Å²) in [5.74, 6) is 0.103. The molecule has 1 aromatic heterocycles. The van der Waals surface area contributed by atoms with Crippen LogP contribution in [-0.2, 0) is 21.3 Å². The van der Waals surface area contributed by atoms with Gasteiger partial charge in [0.15, 0.2) is 5.69 Å². The zero-order valence-corrected chi connectivity index (χ0v) is 18.1. The Bertz CT molecular complexity index is 984. The quantitative estimate of drug-likeness (QED) is 0.685. The van der Waals surface area contributed by atoms with Gasteiger partial charge < -0.3 is 9.64 Å². The Morgan fingerprint density at radius 2 is 2.03 bits per heavy atom. The lowest BCUT2D eigenvalue weighted by Gasteiger charge is -2.22. The Morgan fingerprint density at radius 3 is 2.72 bits per heavy atom. The zero-order valence-electron chi connectivity index (χ0n) is 17.3. The summed E-state index contributed by atoms with van der Waals surface area (Å²) < 4.78 is 34.9. The van der Waals surface area contributed by atoms with E-state index in [0.29, 0.717) is 37.0 Å². The van der Waals surface area contributed by atoms with E-state index in [2.05, 4.69) is 18.8 Å². The van der Waals surface area contributed by atoms with Crippen molar-refractivity contribution < 1.29 is 17.9 Å². The number of carbonyl (C=O) groups is 1. The molecule has 0 bridgehead atoms. The molecule has 8 nitrogen and oxygen atoms in total. The molecule has 2 aromatic rings. The van der Waals surface area contributed by atoms with Gasteiger partial charge in [-0.3, -0.25) is 9.36 Å². The fourth-order valence-electron chi connectivity index (χ4n) is 3.29. The molecule has 1 amide bonds. The Balaban J connectivity index is 2.08. The molecule has 3 rings (SSSR count). The van der Waals surface area contributed by atoms with Crippen molar-refractivity contribution in [2.45, 2.75) is 31.7 Å². The van der Waals surface area contributed by atoms with Crippen LogP contribution in [0.1, 0.15) is 36.5 Å². The monoisotopic (exact) mass is 420 g/mol. The Labute approximate surface area is 172 Å². The summed E-state index contributed by atoms with van der Waals surface area (Å²) in [6, 6.07) is 6.85. The van der Waals surface area contributed by atoms with Gasteiger partial charge in [-0.1, -0.05) is 26.0 Å². The molecule has 2 heterocycles. The minimum atomic E-state index is -3.69.